The lowest BCUT2D eigenvalue weighted by Gasteiger charge is -2.12. The van der Waals surface area contributed by atoms with Crippen molar-refractivity contribution >= 4 is 45.1 Å². The molecule has 3 rings (SSSR count). The number of hydrogen-bond donors (Lipinski definition) is 0. The minimum absolute atomic E-state index is 0.733. The summed E-state index contributed by atoms with van der Waals surface area (Å²) in [6.45, 7) is 0. The molecule has 3 aromatic rings. The van der Waals surface area contributed by atoms with Gasteiger partial charge >= 0.3 is 0 Å². The number of nitrogens with zero attached hydrogens (tertiary/aromatic N) is 1. The minimum atomic E-state index is 0.733. The van der Waals surface area contributed by atoms with E-state index in [2.05, 4.69) is 22.6 Å². The lowest BCUT2D eigenvalue weighted by Crippen LogP contribution is -1.94. The van der Waals surface area contributed by atoms with Gasteiger partial charge in [-0.3, -0.25) is 0 Å². The van der Waals surface area contributed by atoms with Crippen LogP contribution in [0.25, 0.3) is 22.2 Å². The first-order valence-electron chi connectivity index (χ1n) is 6.09. The van der Waals surface area contributed by atoms with Crippen molar-refractivity contribution in [1.82, 2.24) is 4.98 Å². The number of ether oxygens (including phenoxy) is 1. The Morgan fingerprint density at radius 3 is 2.55 bits per heavy atom. The summed E-state index contributed by atoms with van der Waals surface area (Å²) >= 11 is 8.73. The third-order valence-corrected chi connectivity index (χ3v) is 4.90. The Morgan fingerprint density at radius 1 is 1.05 bits per heavy atom. The minimum Gasteiger partial charge on any atom is -0.496 e. The summed E-state index contributed by atoms with van der Waals surface area (Å²) in [5.41, 5.74) is 2.69. The maximum Gasteiger partial charge on any atom is 0.128 e. The zero-order valence-corrected chi connectivity index (χ0v) is 13.6. The second kappa shape index (κ2) is 5.58. The molecular weight excluding hydrogens is 385 g/mol. The fourth-order valence-corrected chi connectivity index (χ4v) is 3.12. The second-order valence-corrected chi connectivity index (χ2v) is 5.76. The summed E-state index contributed by atoms with van der Waals surface area (Å²) in [6.07, 6.45) is 0. The fraction of sp³-hybridized carbons (Fsp3) is 0.0625. The van der Waals surface area contributed by atoms with Crippen LogP contribution in [-0.2, 0) is 0 Å². The Morgan fingerprint density at radius 2 is 1.75 bits per heavy atom. The van der Waals surface area contributed by atoms with Gasteiger partial charge in [0, 0.05) is 10.9 Å². The molecule has 0 aliphatic heterocycles. The van der Waals surface area contributed by atoms with Gasteiger partial charge in [-0.2, -0.15) is 0 Å². The maximum atomic E-state index is 6.49. The van der Waals surface area contributed by atoms with Crippen molar-refractivity contribution in [2.45, 2.75) is 0 Å². The van der Waals surface area contributed by atoms with Crippen LogP contribution in [0.1, 0.15) is 0 Å². The molecule has 1 aromatic heterocycles. The topological polar surface area (TPSA) is 22.1 Å². The van der Waals surface area contributed by atoms with Crippen LogP contribution in [0.5, 0.6) is 5.75 Å². The average Bonchev–Trinajstić information content (AvgIpc) is 2.51. The molecule has 0 N–H and O–H groups in total. The van der Waals surface area contributed by atoms with Crippen LogP contribution in [0.4, 0.5) is 0 Å². The monoisotopic (exact) mass is 395 g/mol. The largest absolute Gasteiger partial charge is 0.496 e. The summed E-state index contributed by atoms with van der Waals surface area (Å²) in [4.78, 5) is 4.74. The quantitative estimate of drug-likeness (QED) is 0.559. The van der Waals surface area contributed by atoms with Gasteiger partial charge in [-0.1, -0.05) is 41.9 Å². The first kappa shape index (κ1) is 13.6. The molecule has 2 nitrogen and oxygen atoms in total. The lowest BCUT2D eigenvalue weighted by molar-refractivity contribution is 0.416. The Kier molecular flexibility index (Phi) is 3.81. The predicted octanol–water partition coefficient (Wildman–Crippen LogP) is 5.17. The maximum absolute atomic E-state index is 6.49. The highest BCUT2D eigenvalue weighted by molar-refractivity contribution is 14.1. The molecule has 0 saturated carbocycles. The number of halogens is 2. The summed E-state index contributed by atoms with van der Waals surface area (Å²) in [6, 6.07) is 15.7. The number of methoxy groups -OCH3 is 1. The summed E-state index contributed by atoms with van der Waals surface area (Å²) in [5, 5.41) is 1.70. The molecular formula is C16H11ClINO. The smallest absolute Gasteiger partial charge is 0.128 e. The van der Waals surface area contributed by atoms with Crippen LogP contribution in [0.3, 0.4) is 0 Å². The molecule has 1 heterocycles. The van der Waals surface area contributed by atoms with Gasteiger partial charge in [0.15, 0.2) is 0 Å². The van der Waals surface area contributed by atoms with Crippen LogP contribution in [0, 0.1) is 3.57 Å². The van der Waals surface area contributed by atoms with Crippen LogP contribution in [0.2, 0.25) is 5.02 Å². The van der Waals surface area contributed by atoms with E-state index in [4.69, 9.17) is 21.3 Å². The molecule has 0 bridgehead atoms. The number of pyridine rings is 1. The van der Waals surface area contributed by atoms with E-state index in [0.717, 1.165) is 36.5 Å². The summed E-state index contributed by atoms with van der Waals surface area (Å²) in [5.74, 6) is 0.796. The molecule has 0 unspecified atom stereocenters. The molecule has 0 atom stereocenters. The van der Waals surface area contributed by atoms with E-state index in [-0.39, 0.29) is 0 Å². The van der Waals surface area contributed by atoms with E-state index in [1.54, 1.807) is 7.11 Å². The van der Waals surface area contributed by atoms with Crippen molar-refractivity contribution in [2.75, 3.05) is 7.11 Å². The van der Waals surface area contributed by atoms with Crippen molar-refractivity contribution in [3.8, 4) is 17.0 Å². The van der Waals surface area contributed by atoms with Crippen molar-refractivity contribution in [2.24, 2.45) is 0 Å². The fourth-order valence-electron chi connectivity index (χ4n) is 2.17. The van der Waals surface area contributed by atoms with E-state index in [0.29, 0.717) is 0 Å². The van der Waals surface area contributed by atoms with Gasteiger partial charge in [-0.25, -0.2) is 4.98 Å². The number of fused-ring (bicyclic) bond motifs is 1. The number of aromatic nitrogens is 1. The predicted molar refractivity (Wildman–Crippen MR) is 91.5 cm³/mol. The lowest BCUT2D eigenvalue weighted by atomic mass is 10.1. The van der Waals surface area contributed by atoms with Crippen LogP contribution in [0.15, 0.2) is 48.5 Å². The SMILES string of the molecule is COc1ccccc1-c1nc2ccccc2c(Cl)c1I. The Balaban J connectivity index is 2.34. The van der Waals surface area contributed by atoms with Gasteiger partial charge in [-0.15, -0.1) is 0 Å². The Hall–Kier alpha value is -1.33. The van der Waals surface area contributed by atoms with Crippen LogP contribution in [-0.4, -0.2) is 12.1 Å². The van der Waals surface area contributed by atoms with Gasteiger partial charge < -0.3 is 4.74 Å². The molecule has 0 saturated heterocycles. The van der Waals surface area contributed by atoms with Crippen molar-refractivity contribution in [3.05, 3.63) is 57.1 Å². The first-order valence-corrected chi connectivity index (χ1v) is 7.55. The van der Waals surface area contributed by atoms with Crippen molar-refractivity contribution in [3.63, 3.8) is 0 Å². The highest BCUT2D eigenvalue weighted by atomic mass is 127. The molecule has 0 aliphatic carbocycles. The molecule has 0 fully saturated rings. The van der Waals surface area contributed by atoms with Gasteiger partial charge in [-0.05, 0) is 40.8 Å². The van der Waals surface area contributed by atoms with Crippen molar-refractivity contribution < 1.29 is 4.74 Å². The molecule has 0 aliphatic rings. The number of para-hydroxylation sites is 2. The number of benzene rings is 2. The van der Waals surface area contributed by atoms with Gasteiger partial charge in [0.25, 0.3) is 0 Å². The standard InChI is InChI=1S/C16H11ClINO/c1-20-13-9-5-3-7-11(13)16-15(18)14(17)10-6-2-4-8-12(10)19-16/h2-9H,1H3. The highest BCUT2D eigenvalue weighted by Crippen LogP contribution is 2.37. The van der Waals surface area contributed by atoms with Crippen molar-refractivity contribution in [1.29, 1.82) is 0 Å². The molecule has 2 aromatic carbocycles. The molecule has 20 heavy (non-hydrogen) atoms. The zero-order valence-electron chi connectivity index (χ0n) is 10.7. The van der Waals surface area contributed by atoms with Crippen LogP contribution >= 0.6 is 34.2 Å². The summed E-state index contributed by atoms with van der Waals surface area (Å²) < 4.78 is 6.36. The molecule has 0 radical (unpaired) electrons. The van der Waals surface area contributed by atoms with E-state index in [9.17, 15) is 0 Å². The molecule has 4 heteroatoms. The highest BCUT2D eigenvalue weighted by Gasteiger charge is 2.15. The molecule has 100 valence electrons. The molecule has 0 amide bonds. The van der Waals surface area contributed by atoms with E-state index < -0.39 is 0 Å². The van der Waals surface area contributed by atoms with Gasteiger partial charge in [0.2, 0.25) is 0 Å². The third kappa shape index (κ3) is 2.25. The Labute approximate surface area is 135 Å². The zero-order chi connectivity index (χ0) is 14.1. The summed E-state index contributed by atoms with van der Waals surface area (Å²) in [7, 11) is 1.66. The van der Waals surface area contributed by atoms with E-state index in [1.807, 2.05) is 48.5 Å². The number of rotatable bonds is 2. The third-order valence-electron chi connectivity index (χ3n) is 3.14. The van der Waals surface area contributed by atoms with Gasteiger partial charge in [0.1, 0.15) is 5.75 Å². The van der Waals surface area contributed by atoms with E-state index >= 15 is 0 Å². The van der Waals surface area contributed by atoms with Gasteiger partial charge in [0.05, 0.1) is 26.9 Å². The molecule has 0 spiro atoms. The first-order chi connectivity index (χ1) is 9.72. The van der Waals surface area contributed by atoms with Crippen LogP contribution < -0.4 is 4.74 Å². The second-order valence-electron chi connectivity index (χ2n) is 4.31. The Bertz CT molecular complexity index is 789. The normalized spacial score (nSPS) is 10.8. The van der Waals surface area contributed by atoms with E-state index in [1.165, 1.54) is 0 Å². The number of hydrogen-bond acceptors (Lipinski definition) is 2. The average molecular weight is 396 g/mol.